The van der Waals surface area contributed by atoms with Crippen molar-refractivity contribution in [2.24, 2.45) is 0 Å². The van der Waals surface area contributed by atoms with E-state index in [4.69, 9.17) is 0 Å². The fraction of sp³-hybridized carbons (Fsp3) is 0.778. The molecule has 3 heteroatoms. The van der Waals surface area contributed by atoms with E-state index in [2.05, 4.69) is 5.32 Å². The number of ketones is 1. The largest absolute Gasteiger partial charge is 0.350 e. The van der Waals surface area contributed by atoms with Gasteiger partial charge < -0.3 is 5.32 Å². The molecule has 0 aromatic rings. The minimum Gasteiger partial charge on any atom is -0.350 e. The molecule has 3 nitrogen and oxygen atoms in total. The first-order chi connectivity index (χ1) is 5.54. The lowest BCUT2D eigenvalue weighted by Crippen LogP contribution is -2.53. The third-order valence-electron chi connectivity index (χ3n) is 2.34. The van der Waals surface area contributed by atoms with E-state index in [0.717, 1.165) is 19.3 Å². The van der Waals surface area contributed by atoms with Crippen molar-refractivity contribution in [3.8, 4) is 0 Å². The highest BCUT2D eigenvalue weighted by molar-refractivity contribution is 5.79. The second-order valence-corrected chi connectivity index (χ2v) is 3.69. The van der Waals surface area contributed by atoms with Crippen LogP contribution in [0.2, 0.25) is 0 Å². The lowest BCUT2D eigenvalue weighted by atomic mass is 9.73. The Bertz CT molecular complexity index is 189. The topological polar surface area (TPSA) is 46.2 Å². The maximum Gasteiger partial charge on any atom is 0.217 e. The number of carbonyl (C=O) groups excluding carboxylic acids is 2. The lowest BCUT2D eigenvalue weighted by Gasteiger charge is -2.41. The Morgan fingerprint density at radius 2 is 1.92 bits per heavy atom. The van der Waals surface area contributed by atoms with Crippen molar-refractivity contribution < 1.29 is 9.59 Å². The van der Waals surface area contributed by atoms with Crippen LogP contribution in [0.25, 0.3) is 0 Å². The average Bonchev–Trinajstić information content (AvgIpc) is 1.80. The Kier molecular flexibility index (Phi) is 2.50. The molecule has 0 spiro atoms. The molecule has 0 aromatic carbocycles. The van der Waals surface area contributed by atoms with Gasteiger partial charge in [-0.25, -0.2) is 0 Å². The Morgan fingerprint density at radius 1 is 1.33 bits per heavy atom. The van der Waals surface area contributed by atoms with Gasteiger partial charge in [-0.3, -0.25) is 9.59 Å². The predicted molar refractivity (Wildman–Crippen MR) is 45.7 cm³/mol. The molecule has 1 N–H and O–H groups in total. The zero-order valence-electron chi connectivity index (χ0n) is 7.64. The second-order valence-electron chi connectivity index (χ2n) is 3.69. The van der Waals surface area contributed by atoms with E-state index in [9.17, 15) is 9.59 Å². The second kappa shape index (κ2) is 3.25. The number of Topliss-reactive ketones (excluding diaryl/α,β-unsaturated/α-hetero) is 1. The maximum absolute atomic E-state index is 10.9. The number of hydrogen-bond acceptors (Lipinski definition) is 2. The number of nitrogens with one attached hydrogen (secondary N) is 1. The van der Waals surface area contributed by atoms with Crippen LogP contribution in [0, 0.1) is 0 Å². The monoisotopic (exact) mass is 169 g/mol. The summed E-state index contributed by atoms with van der Waals surface area (Å²) in [5, 5.41) is 2.86. The molecule has 68 valence electrons. The first-order valence-electron chi connectivity index (χ1n) is 4.32. The van der Waals surface area contributed by atoms with Gasteiger partial charge in [0, 0.05) is 18.9 Å². The summed E-state index contributed by atoms with van der Waals surface area (Å²) in [5.74, 6) is 0.124. The van der Waals surface area contributed by atoms with Crippen molar-refractivity contribution in [1.82, 2.24) is 5.32 Å². The van der Waals surface area contributed by atoms with Gasteiger partial charge in [-0.1, -0.05) is 0 Å². The summed E-state index contributed by atoms with van der Waals surface area (Å²) in [7, 11) is 0. The highest BCUT2D eigenvalue weighted by Gasteiger charge is 2.38. The van der Waals surface area contributed by atoms with Crippen LogP contribution in [0.15, 0.2) is 0 Å². The minimum absolute atomic E-state index is 0.0315. The molecule has 1 amide bonds. The molecule has 0 bridgehead atoms. The Balaban J connectivity index is 2.50. The van der Waals surface area contributed by atoms with Crippen molar-refractivity contribution in [1.29, 1.82) is 0 Å². The summed E-state index contributed by atoms with van der Waals surface area (Å²) in [6.45, 7) is 3.07. The quantitative estimate of drug-likeness (QED) is 0.685. The lowest BCUT2D eigenvalue weighted by molar-refractivity contribution is -0.124. The Hall–Kier alpha value is -0.860. The fourth-order valence-corrected chi connectivity index (χ4v) is 1.80. The molecule has 0 aromatic heterocycles. The third-order valence-corrected chi connectivity index (χ3v) is 2.34. The Labute approximate surface area is 72.5 Å². The fourth-order valence-electron chi connectivity index (χ4n) is 1.80. The van der Waals surface area contributed by atoms with Crippen molar-refractivity contribution in [2.75, 3.05) is 0 Å². The van der Waals surface area contributed by atoms with Gasteiger partial charge >= 0.3 is 0 Å². The first-order valence-corrected chi connectivity index (χ1v) is 4.32. The normalized spacial score (nSPS) is 19.5. The number of hydrogen-bond donors (Lipinski definition) is 1. The minimum atomic E-state index is -0.183. The van der Waals surface area contributed by atoms with Gasteiger partial charge in [-0.2, -0.15) is 0 Å². The number of amides is 1. The Morgan fingerprint density at radius 3 is 2.17 bits per heavy atom. The average molecular weight is 169 g/mol. The van der Waals surface area contributed by atoms with Crippen molar-refractivity contribution in [2.45, 2.75) is 45.1 Å². The van der Waals surface area contributed by atoms with Crippen LogP contribution in [0.1, 0.15) is 39.5 Å². The number of carbonyl (C=O) groups is 2. The van der Waals surface area contributed by atoms with E-state index in [1.165, 1.54) is 6.92 Å². The third kappa shape index (κ3) is 2.06. The highest BCUT2D eigenvalue weighted by Crippen LogP contribution is 2.34. The molecule has 0 aliphatic heterocycles. The van der Waals surface area contributed by atoms with E-state index < -0.39 is 0 Å². The summed E-state index contributed by atoms with van der Waals surface area (Å²) in [6, 6.07) is 0. The molecular formula is C9H15NO2. The summed E-state index contributed by atoms with van der Waals surface area (Å²) >= 11 is 0. The standard InChI is InChI=1S/C9H15NO2/c1-7(11)6-9(4-3-5-9)10-8(2)12/h3-6H2,1-2H3,(H,10,12). The smallest absolute Gasteiger partial charge is 0.217 e. The molecular weight excluding hydrogens is 154 g/mol. The van der Waals surface area contributed by atoms with Gasteiger partial charge in [0.2, 0.25) is 5.91 Å². The van der Waals surface area contributed by atoms with Crippen LogP contribution in [0.3, 0.4) is 0 Å². The van der Waals surface area contributed by atoms with Crippen molar-refractivity contribution >= 4 is 11.7 Å². The van der Waals surface area contributed by atoms with Gasteiger partial charge in [0.05, 0.1) is 0 Å². The molecule has 1 aliphatic rings. The van der Waals surface area contributed by atoms with Crippen LogP contribution in [0.5, 0.6) is 0 Å². The van der Waals surface area contributed by atoms with Crippen LogP contribution in [-0.4, -0.2) is 17.2 Å². The molecule has 1 saturated carbocycles. The SMILES string of the molecule is CC(=O)CC1(NC(C)=O)CCC1. The van der Waals surface area contributed by atoms with E-state index >= 15 is 0 Å². The summed E-state index contributed by atoms with van der Waals surface area (Å²) in [4.78, 5) is 21.7. The van der Waals surface area contributed by atoms with Gasteiger partial charge in [-0.15, -0.1) is 0 Å². The molecule has 0 radical (unpaired) electrons. The van der Waals surface area contributed by atoms with E-state index in [1.807, 2.05) is 0 Å². The van der Waals surface area contributed by atoms with Gasteiger partial charge in [0.25, 0.3) is 0 Å². The van der Waals surface area contributed by atoms with Crippen molar-refractivity contribution in [3.05, 3.63) is 0 Å². The maximum atomic E-state index is 10.9. The zero-order chi connectivity index (χ0) is 9.19. The van der Waals surface area contributed by atoms with E-state index in [0.29, 0.717) is 6.42 Å². The van der Waals surface area contributed by atoms with Gasteiger partial charge in [0.15, 0.2) is 0 Å². The highest BCUT2D eigenvalue weighted by atomic mass is 16.1. The zero-order valence-corrected chi connectivity index (χ0v) is 7.64. The van der Waals surface area contributed by atoms with E-state index in [-0.39, 0.29) is 17.2 Å². The molecule has 1 fully saturated rings. The van der Waals surface area contributed by atoms with Crippen LogP contribution >= 0.6 is 0 Å². The van der Waals surface area contributed by atoms with Crippen LogP contribution in [-0.2, 0) is 9.59 Å². The molecule has 12 heavy (non-hydrogen) atoms. The van der Waals surface area contributed by atoms with Gasteiger partial charge in [0.1, 0.15) is 5.78 Å². The summed E-state index contributed by atoms with van der Waals surface area (Å²) in [6.07, 6.45) is 3.51. The molecule has 0 atom stereocenters. The van der Waals surface area contributed by atoms with Crippen LogP contribution < -0.4 is 5.32 Å². The first kappa shape index (κ1) is 9.23. The molecule has 0 unspecified atom stereocenters. The molecule has 0 heterocycles. The van der Waals surface area contributed by atoms with Gasteiger partial charge in [-0.05, 0) is 26.2 Å². The molecule has 1 rings (SSSR count). The number of rotatable bonds is 3. The summed E-state index contributed by atoms with van der Waals surface area (Å²) < 4.78 is 0. The van der Waals surface area contributed by atoms with E-state index in [1.54, 1.807) is 6.92 Å². The summed E-state index contributed by atoms with van der Waals surface area (Å²) in [5.41, 5.74) is -0.183. The molecule has 0 saturated heterocycles. The van der Waals surface area contributed by atoms with Crippen molar-refractivity contribution in [3.63, 3.8) is 0 Å². The predicted octanol–water partition coefficient (Wildman–Crippen LogP) is 1.02. The van der Waals surface area contributed by atoms with Crippen LogP contribution in [0.4, 0.5) is 0 Å². The molecule has 1 aliphatic carbocycles.